The van der Waals surface area contributed by atoms with Crippen LogP contribution in [0.25, 0.3) is 11.4 Å². The van der Waals surface area contributed by atoms with E-state index in [0.29, 0.717) is 12.2 Å². The number of aromatic nitrogens is 3. The molecule has 0 fully saturated rings. The number of nitrogens with zero attached hydrogens (tertiary/aromatic N) is 3. The second-order valence-corrected chi connectivity index (χ2v) is 8.62. The lowest BCUT2D eigenvalue weighted by atomic mass is 9.92. The number of hydrogen-bond donors (Lipinski definition) is 1. The van der Waals surface area contributed by atoms with Gasteiger partial charge in [-0.2, -0.15) is 0 Å². The lowest BCUT2D eigenvalue weighted by Crippen LogP contribution is -2.09. The van der Waals surface area contributed by atoms with Crippen molar-refractivity contribution in [2.75, 3.05) is 5.32 Å². The van der Waals surface area contributed by atoms with Crippen LogP contribution in [-0.2, 0) is 17.6 Å². The molecule has 1 N–H and O–H groups in total. The maximum Gasteiger partial charge on any atom is 0.224 e. The molecule has 1 heterocycles. The fourth-order valence-corrected chi connectivity index (χ4v) is 4.90. The smallest absolute Gasteiger partial charge is 0.224 e. The normalized spacial score (nSPS) is 10.9. The summed E-state index contributed by atoms with van der Waals surface area (Å²) in [7, 11) is 1.94. The average Bonchev–Trinajstić information content (AvgIpc) is 3.07. The Morgan fingerprint density at radius 2 is 1.84 bits per heavy atom. The van der Waals surface area contributed by atoms with Crippen LogP contribution in [-0.4, -0.2) is 26.5 Å². The third-order valence-corrected chi connectivity index (χ3v) is 6.44. The number of hydrogen-bond acceptors (Lipinski definition) is 5. The summed E-state index contributed by atoms with van der Waals surface area (Å²) in [6.07, 6.45) is 0.429. The van der Waals surface area contributed by atoms with E-state index in [2.05, 4.69) is 28.5 Å². The van der Waals surface area contributed by atoms with Crippen molar-refractivity contribution < 1.29 is 9.59 Å². The summed E-state index contributed by atoms with van der Waals surface area (Å²) in [5, 5.41) is 12.4. The van der Waals surface area contributed by atoms with Crippen molar-refractivity contribution in [3.05, 3.63) is 58.1 Å². The van der Waals surface area contributed by atoms with Gasteiger partial charge >= 0.3 is 0 Å². The molecule has 31 heavy (non-hydrogen) atoms. The van der Waals surface area contributed by atoms with E-state index >= 15 is 0 Å². The summed E-state index contributed by atoms with van der Waals surface area (Å²) in [6, 6.07) is 9.69. The fourth-order valence-electron chi connectivity index (χ4n) is 3.80. The predicted octanol–water partition coefficient (Wildman–Crippen LogP) is 5.25. The van der Waals surface area contributed by atoms with Gasteiger partial charge in [0.15, 0.2) is 16.8 Å². The summed E-state index contributed by atoms with van der Waals surface area (Å²) in [5.74, 6) is 1.51. The van der Waals surface area contributed by atoms with Crippen LogP contribution in [0.5, 0.6) is 0 Å². The number of thioether (sulfide) groups is 1. The van der Waals surface area contributed by atoms with Crippen molar-refractivity contribution >= 4 is 29.1 Å². The number of amides is 1. The predicted molar refractivity (Wildman–Crippen MR) is 126 cm³/mol. The van der Waals surface area contributed by atoms with Crippen molar-refractivity contribution in [2.24, 2.45) is 7.05 Å². The Morgan fingerprint density at radius 3 is 2.52 bits per heavy atom. The van der Waals surface area contributed by atoms with E-state index in [1.807, 2.05) is 56.7 Å². The van der Waals surface area contributed by atoms with Crippen LogP contribution in [0.2, 0.25) is 0 Å². The molecule has 0 saturated carbocycles. The molecule has 0 atom stereocenters. The van der Waals surface area contributed by atoms with Crippen molar-refractivity contribution in [3.63, 3.8) is 0 Å². The van der Waals surface area contributed by atoms with E-state index in [1.54, 1.807) is 18.7 Å². The van der Waals surface area contributed by atoms with E-state index in [-0.39, 0.29) is 11.7 Å². The number of carbonyl (C=O) groups excluding carboxylic acids is 2. The lowest BCUT2D eigenvalue weighted by molar-refractivity contribution is -0.115. The number of ketones is 1. The molecule has 3 rings (SSSR count). The summed E-state index contributed by atoms with van der Waals surface area (Å²) < 4.78 is 1.95. The van der Waals surface area contributed by atoms with E-state index in [9.17, 15) is 9.59 Å². The number of benzene rings is 2. The Bertz CT molecular complexity index is 1150. The van der Waals surface area contributed by atoms with Gasteiger partial charge in [-0.3, -0.25) is 9.59 Å². The van der Waals surface area contributed by atoms with E-state index in [4.69, 9.17) is 0 Å². The Hall–Kier alpha value is -2.93. The zero-order valence-corrected chi connectivity index (χ0v) is 19.7. The summed E-state index contributed by atoms with van der Waals surface area (Å²) in [5.41, 5.74) is 6.84. The highest BCUT2D eigenvalue weighted by Crippen LogP contribution is 2.31. The lowest BCUT2D eigenvalue weighted by Gasteiger charge is -2.15. The first-order valence-electron chi connectivity index (χ1n) is 10.3. The zero-order valence-electron chi connectivity index (χ0n) is 18.9. The maximum atomic E-state index is 12.1. The van der Waals surface area contributed by atoms with Crippen molar-refractivity contribution in [1.29, 1.82) is 0 Å². The van der Waals surface area contributed by atoms with Gasteiger partial charge in [0.25, 0.3) is 0 Å². The highest BCUT2D eigenvalue weighted by atomic mass is 32.2. The van der Waals surface area contributed by atoms with Crippen molar-refractivity contribution in [1.82, 2.24) is 14.8 Å². The zero-order chi connectivity index (χ0) is 22.7. The van der Waals surface area contributed by atoms with Gasteiger partial charge < -0.3 is 9.88 Å². The second kappa shape index (κ2) is 9.47. The van der Waals surface area contributed by atoms with Crippen LogP contribution in [0, 0.1) is 20.8 Å². The maximum absolute atomic E-state index is 12.1. The van der Waals surface area contributed by atoms with Gasteiger partial charge in [0.2, 0.25) is 5.91 Å². The molecule has 0 aliphatic heterocycles. The minimum Gasteiger partial charge on any atom is -0.326 e. The van der Waals surface area contributed by atoms with Crippen LogP contribution in [0.1, 0.15) is 52.9 Å². The number of nitrogens with one attached hydrogen (secondary N) is 1. The summed E-state index contributed by atoms with van der Waals surface area (Å²) >= 11 is 1.60. The SMILES string of the molecule is CCC(=O)Nc1cccc(-c2nnc(SCc3c(C)cc(C)c(C(C)=O)c3C)n2C)c1. The molecule has 1 aromatic heterocycles. The Morgan fingerprint density at radius 1 is 1.10 bits per heavy atom. The molecule has 7 heteroatoms. The monoisotopic (exact) mass is 436 g/mol. The first kappa shape index (κ1) is 22.7. The number of aryl methyl sites for hydroxylation is 2. The molecular weight excluding hydrogens is 408 g/mol. The highest BCUT2D eigenvalue weighted by Gasteiger charge is 2.17. The topological polar surface area (TPSA) is 76.9 Å². The highest BCUT2D eigenvalue weighted by molar-refractivity contribution is 7.98. The van der Waals surface area contributed by atoms with Gasteiger partial charge in [0.05, 0.1) is 0 Å². The van der Waals surface area contributed by atoms with Gasteiger partial charge in [0.1, 0.15) is 0 Å². The Kier molecular flexibility index (Phi) is 6.95. The van der Waals surface area contributed by atoms with Crippen molar-refractivity contribution in [3.8, 4) is 11.4 Å². The minimum atomic E-state index is -0.0277. The number of Topliss-reactive ketones (excluding diaryl/α,β-unsaturated/α-hetero) is 1. The van der Waals surface area contributed by atoms with Crippen LogP contribution < -0.4 is 5.32 Å². The standard InChI is InChI=1S/C24H28N4O2S/c1-7-21(30)25-19-10-8-9-18(12-19)23-26-27-24(28(23)6)31-13-20-14(2)11-15(3)22(16(20)4)17(5)29/h8-12H,7,13H2,1-6H3,(H,25,30). The molecule has 0 saturated heterocycles. The molecule has 2 aromatic carbocycles. The summed E-state index contributed by atoms with van der Waals surface area (Å²) in [6.45, 7) is 9.53. The van der Waals surface area contributed by atoms with Crippen molar-refractivity contribution in [2.45, 2.75) is 51.9 Å². The largest absolute Gasteiger partial charge is 0.326 e. The minimum absolute atomic E-state index is 0.0277. The number of rotatable bonds is 7. The van der Waals surface area contributed by atoms with Gasteiger partial charge in [0, 0.05) is 36.0 Å². The van der Waals surface area contributed by atoms with Gasteiger partial charge in [-0.25, -0.2) is 0 Å². The molecule has 0 radical (unpaired) electrons. The molecule has 0 aliphatic rings. The Balaban J connectivity index is 1.84. The quantitative estimate of drug-likeness (QED) is 0.404. The second-order valence-electron chi connectivity index (χ2n) is 7.68. The first-order chi connectivity index (χ1) is 14.7. The van der Waals surface area contributed by atoms with Crippen LogP contribution in [0.15, 0.2) is 35.5 Å². The molecule has 0 bridgehead atoms. The van der Waals surface area contributed by atoms with Crippen LogP contribution in [0.4, 0.5) is 5.69 Å². The van der Waals surface area contributed by atoms with E-state index < -0.39 is 0 Å². The molecule has 6 nitrogen and oxygen atoms in total. The molecular formula is C24H28N4O2S. The molecule has 0 aliphatic carbocycles. The first-order valence-corrected chi connectivity index (χ1v) is 11.2. The van der Waals surface area contributed by atoms with Crippen LogP contribution >= 0.6 is 11.8 Å². The van der Waals surface area contributed by atoms with Gasteiger partial charge in [-0.1, -0.05) is 36.9 Å². The molecule has 0 spiro atoms. The fraction of sp³-hybridized carbons (Fsp3) is 0.333. The number of carbonyl (C=O) groups is 2. The van der Waals surface area contributed by atoms with Gasteiger partial charge in [-0.05, 0) is 62.1 Å². The van der Waals surface area contributed by atoms with E-state index in [0.717, 1.165) is 44.5 Å². The molecule has 3 aromatic rings. The van der Waals surface area contributed by atoms with E-state index in [1.165, 1.54) is 5.56 Å². The molecule has 162 valence electrons. The van der Waals surface area contributed by atoms with Gasteiger partial charge in [-0.15, -0.1) is 10.2 Å². The summed E-state index contributed by atoms with van der Waals surface area (Å²) in [4.78, 5) is 23.8. The Labute approximate surface area is 187 Å². The number of anilines is 1. The third-order valence-electron chi connectivity index (χ3n) is 5.39. The molecule has 0 unspecified atom stereocenters. The third kappa shape index (κ3) is 4.88. The van der Waals surface area contributed by atoms with Crippen LogP contribution in [0.3, 0.4) is 0 Å². The molecule has 1 amide bonds. The average molecular weight is 437 g/mol.